The molecule has 1 aliphatic carbocycles. The zero-order valence-electron chi connectivity index (χ0n) is 16.2. The van der Waals surface area contributed by atoms with Crippen LogP contribution in [0.3, 0.4) is 0 Å². The summed E-state index contributed by atoms with van der Waals surface area (Å²) >= 11 is 0. The normalized spacial score (nSPS) is 23.8. The molecule has 1 aliphatic heterocycles. The number of phenols is 1. The van der Waals surface area contributed by atoms with E-state index in [0.29, 0.717) is 11.3 Å². The Morgan fingerprint density at radius 3 is 2.54 bits per heavy atom. The van der Waals surface area contributed by atoms with Gasteiger partial charge in [0, 0.05) is 5.70 Å². The Bertz CT molecular complexity index is 740. The first-order valence-electron chi connectivity index (χ1n) is 9.83. The number of hydrogen-bond donors (Lipinski definition) is 3. The van der Waals surface area contributed by atoms with Crippen LogP contribution in [0.15, 0.2) is 30.5 Å². The molecule has 0 radical (unpaired) electrons. The molecule has 1 aromatic rings. The van der Waals surface area contributed by atoms with Crippen LogP contribution in [0.25, 0.3) is 0 Å². The lowest BCUT2D eigenvalue weighted by molar-refractivity contribution is -0.155. The molecular formula is C21H28N2O5. The number of carbonyl (C=O) groups is 2. The number of benzene rings is 1. The first-order valence-corrected chi connectivity index (χ1v) is 9.83. The Kier molecular flexibility index (Phi) is 6.44. The second-order valence-electron chi connectivity index (χ2n) is 7.41. The van der Waals surface area contributed by atoms with Gasteiger partial charge >= 0.3 is 12.0 Å². The van der Waals surface area contributed by atoms with Crippen molar-refractivity contribution in [3.63, 3.8) is 0 Å². The molecule has 7 nitrogen and oxygen atoms in total. The average molecular weight is 388 g/mol. The van der Waals surface area contributed by atoms with E-state index >= 15 is 0 Å². The highest BCUT2D eigenvalue weighted by atomic mass is 16.5. The monoisotopic (exact) mass is 388 g/mol. The van der Waals surface area contributed by atoms with Crippen LogP contribution in [-0.4, -0.2) is 30.3 Å². The van der Waals surface area contributed by atoms with Crippen LogP contribution in [0.2, 0.25) is 0 Å². The highest BCUT2D eigenvalue weighted by molar-refractivity contribution is 5.85. The number of esters is 1. The van der Waals surface area contributed by atoms with E-state index in [4.69, 9.17) is 9.47 Å². The standard InChI is InChI=1S/C21H28N2O5/c1-13-18(20(25)28-15-8-6-4-3-5-7-9-15)19(23-21(26)22-13)14-10-11-16(24)17(12-14)27-2/h10-12,15,18-19,24H,1,3-9H2,2H3,(H2,22,23,26). The number of aromatic hydroxyl groups is 1. The van der Waals surface area contributed by atoms with Gasteiger partial charge in [-0.25, -0.2) is 4.79 Å². The van der Waals surface area contributed by atoms with Gasteiger partial charge in [-0.1, -0.05) is 31.9 Å². The molecular weight excluding hydrogens is 360 g/mol. The van der Waals surface area contributed by atoms with Gasteiger partial charge < -0.3 is 25.2 Å². The lowest BCUT2D eigenvalue weighted by Gasteiger charge is -2.34. The molecule has 2 atom stereocenters. The zero-order valence-corrected chi connectivity index (χ0v) is 16.2. The average Bonchev–Trinajstić information content (AvgIpc) is 2.63. The number of amides is 2. The van der Waals surface area contributed by atoms with Crippen molar-refractivity contribution in [2.75, 3.05) is 7.11 Å². The first-order chi connectivity index (χ1) is 13.5. The second kappa shape index (κ2) is 8.99. The predicted molar refractivity (Wildman–Crippen MR) is 104 cm³/mol. The minimum atomic E-state index is -0.766. The van der Waals surface area contributed by atoms with Crippen molar-refractivity contribution in [2.24, 2.45) is 5.92 Å². The SMILES string of the molecule is C=C1NC(=O)NC(c2ccc(O)c(OC)c2)C1C(=O)OC1CCCCCCC1. The maximum absolute atomic E-state index is 13.0. The minimum Gasteiger partial charge on any atom is -0.504 e. The van der Waals surface area contributed by atoms with Gasteiger partial charge in [0.2, 0.25) is 0 Å². The van der Waals surface area contributed by atoms with Crippen molar-refractivity contribution in [3.8, 4) is 11.5 Å². The molecule has 7 heteroatoms. The number of rotatable bonds is 4. The lowest BCUT2D eigenvalue weighted by Crippen LogP contribution is -2.51. The van der Waals surface area contributed by atoms with Gasteiger partial charge in [0.15, 0.2) is 11.5 Å². The van der Waals surface area contributed by atoms with Crippen LogP contribution >= 0.6 is 0 Å². The van der Waals surface area contributed by atoms with E-state index in [1.807, 2.05) is 0 Å². The van der Waals surface area contributed by atoms with Crippen LogP contribution in [0, 0.1) is 5.92 Å². The Morgan fingerprint density at radius 2 is 1.86 bits per heavy atom. The van der Waals surface area contributed by atoms with Crippen LogP contribution in [0.5, 0.6) is 11.5 Å². The van der Waals surface area contributed by atoms with E-state index in [9.17, 15) is 14.7 Å². The number of urea groups is 1. The highest BCUT2D eigenvalue weighted by Crippen LogP contribution is 2.35. The van der Waals surface area contributed by atoms with E-state index in [0.717, 1.165) is 38.5 Å². The number of ether oxygens (including phenoxy) is 2. The van der Waals surface area contributed by atoms with E-state index in [-0.39, 0.29) is 17.6 Å². The minimum absolute atomic E-state index is 0.0148. The summed E-state index contributed by atoms with van der Waals surface area (Å²) < 4.78 is 11.0. The summed E-state index contributed by atoms with van der Waals surface area (Å²) in [5, 5.41) is 15.2. The molecule has 2 fully saturated rings. The molecule has 1 saturated heterocycles. The van der Waals surface area contributed by atoms with Crippen molar-refractivity contribution < 1.29 is 24.2 Å². The zero-order chi connectivity index (χ0) is 20.1. The molecule has 2 amide bonds. The molecule has 152 valence electrons. The van der Waals surface area contributed by atoms with Gasteiger partial charge in [0.1, 0.15) is 12.0 Å². The Labute approximate surface area is 165 Å². The number of phenolic OH excluding ortho intramolecular Hbond substituents is 1. The summed E-state index contributed by atoms with van der Waals surface area (Å²) in [6, 6.07) is 3.64. The van der Waals surface area contributed by atoms with Gasteiger partial charge in [-0.05, 0) is 43.4 Å². The maximum atomic E-state index is 13.0. The smallest absolute Gasteiger partial charge is 0.319 e. The fourth-order valence-corrected chi connectivity index (χ4v) is 3.90. The Morgan fingerprint density at radius 1 is 1.18 bits per heavy atom. The van der Waals surface area contributed by atoms with Crippen molar-refractivity contribution in [3.05, 3.63) is 36.0 Å². The lowest BCUT2D eigenvalue weighted by atomic mass is 9.88. The topological polar surface area (TPSA) is 96.9 Å². The molecule has 0 aromatic heterocycles. The second-order valence-corrected chi connectivity index (χ2v) is 7.41. The molecule has 3 N–H and O–H groups in total. The maximum Gasteiger partial charge on any atom is 0.319 e. The molecule has 2 unspecified atom stereocenters. The molecule has 1 saturated carbocycles. The third-order valence-corrected chi connectivity index (χ3v) is 5.42. The molecule has 28 heavy (non-hydrogen) atoms. The Hall–Kier alpha value is -2.70. The van der Waals surface area contributed by atoms with Crippen LogP contribution in [0.1, 0.15) is 56.6 Å². The van der Waals surface area contributed by atoms with Crippen molar-refractivity contribution in [1.29, 1.82) is 0 Å². The summed E-state index contributed by atoms with van der Waals surface area (Å²) in [7, 11) is 1.44. The van der Waals surface area contributed by atoms with Crippen molar-refractivity contribution in [1.82, 2.24) is 10.6 Å². The van der Waals surface area contributed by atoms with Gasteiger partial charge in [-0.2, -0.15) is 0 Å². The summed E-state index contributed by atoms with van der Waals surface area (Å²) in [6.45, 7) is 3.88. The molecule has 0 spiro atoms. The summed E-state index contributed by atoms with van der Waals surface area (Å²) in [4.78, 5) is 25.0. The van der Waals surface area contributed by atoms with E-state index in [1.165, 1.54) is 19.6 Å². The van der Waals surface area contributed by atoms with Crippen molar-refractivity contribution in [2.45, 2.75) is 57.1 Å². The quantitative estimate of drug-likeness (QED) is 0.686. The van der Waals surface area contributed by atoms with Crippen LogP contribution in [0.4, 0.5) is 4.79 Å². The molecule has 2 aliphatic rings. The molecule has 3 rings (SSSR count). The summed E-state index contributed by atoms with van der Waals surface area (Å²) in [5.74, 6) is -0.917. The Balaban J connectivity index is 1.81. The molecule has 1 heterocycles. The van der Waals surface area contributed by atoms with Gasteiger partial charge in [0.25, 0.3) is 0 Å². The van der Waals surface area contributed by atoms with Gasteiger partial charge in [-0.15, -0.1) is 0 Å². The van der Waals surface area contributed by atoms with Gasteiger partial charge in [-0.3, -0.25) is 4.79 Å². The predicted octanol–water partition coefficient (Wildman–Crippen LogP) is 3.54. The summed E-state index contributed by atoms with van der Waals surface area (Å²) in [5.41, 5.74) is 0.932. The number of carbonyl (C=O) groups excluding carboxylic acids is 2. The van der Waals surface area contributed by atoms with Crippen molar-refractivity contribution >= 4 is 12.0 Å². The van der Waals surface area contributed by atoms with Gasteiger partial charge in [0.05, 0.1) is 13.2 Å². The largest absolute Gasteiger partial charge is 0.504 e. The first kappa shape index (κ1) is 20.0. The summed E-state index contributed by atoms with van der Waals surface area (Å²) in [6.07, 6.45) is 7.29. The third kappa shape index (κ3) is 4.58. The highest BCUT2D eigenvalue weighted by Gasteiger charge is 2.40. The number of hydrogen-bond acceptors (Lipinski definition) is 5. The molecule has 1 aromatic carbocycles. The van der Waals surface area contributed by atoms with Crippen LogP contribution < -0.4 is 15.4 Å². The van der Waals surface area contributed by atoms with E-state index < -0.39 is 24.0 Å². The van der Waals surface area contributed by atoms with E-state index in [2.05, 4.69) is 17.2 Å². The fraction of sp³-hybridized carbons (Fsp3) is 0.524. The number of methoxy groups -OCH3 is 1. The molecule has 0 bridgehead atoms. The van der Waals surface area contributed by atoms with E-state index in [1.54, 1.807) is 12.1 Å². The fourth-order valence-electron chi connectivity index (χ4n) is 3.90. The third-order valence-electron chi connectivity index (χ3n) is 5.42. The number of nitrogens with one attached hydrogen (secondary N) is 2. The van der Waals surface area contributed by atoms with Crippen LogP contribution in [-0.2, 0) is 9.53 Å².